The predicted molar refractivity (Wildman–Crippen MR) is 78.4 cm³/mol. The van der Waals surface area contributed by atoms with E-state index < -0.39 is 0 Å². The summed E-state index contributed by atoms with van der Waals surface area (Å²) in [6.45, 7) is 3.26. The number of halogens is 1. The largest absolute Gasteiger partial charge is 0.378 e. The zero-order valence-corrected chi connectivity index (χ0v) is 12.6. The molecule has 0 aliphatic heterocycles. The molecule has 2 rings (SSSR count). The number of carbonyl (C=O) groups excluding carboxylic acids is 1. The lowest BCUT2D eigenvalue weighted by Crippen LogP contribution is -2.65. The van der Waals surface area contributed by atoms with Crippen LogP contribution in [0.5, 0.6) is 0 Å². The van der Waals surface area contributed by atoms with E-state index in [1.807, 2.05) is 0 Å². The van der Waals surface area contributed by atoms with Crippen LogP contribution < -0.4 is 11.1 Å². The highest BCUT2D eigenvalue weighted by Crippen LogP contribution is 2.53. The van der Waals surface area contributed by atoms with Crippen molar-refractivity contribution in [3.8, 4) is 0 Å². The van der Waals surface area contributed by atoms with Crippen molar-refractivity contribution in [1.82, 2.24) is 5.32 Å². The molecule has 0 radical (unpaired) electrons. The average molecular weight is 291 g/mol. The highest BCUT2D eigenvalue weighted by molar-refractivity contribution is 5.85. The van der Waals surface area contributed by atoms with Crippen LogP contribution in [0.2, 0.25) is 0 Å². The second-order valence-corrected chi connectivity index (χ2v) is 5.63. The number of nitrogens with two attached hydrogens (primary N) is 1. The molecule has 2 aliphatic carbocycles. The summed E-state index contributed by atoms with van der Waals surface area (Å²) in [5, 5.41) is 3.17. The van der Waals surface area contributed by atoms with Crippen LogP contribution in [-0.4, -0.2) is 31.2 Å². The van der Waals surface area contributed by atoms with Crippen LogP contribution in [0.1, 0.15) is 51.9 Å². The number of amides is 1. The van der Waals surface area contributed by atoms with Crippen molar-refractivity contribution >= 4 is 18.3 Å². The number of hydrogen-bond donors (Lipinski definition) is 2. The van der Waals surface area contributed by atoms with Gasteiger partial charge < -0.3 is 15.8 Å². The highest BCUT2D eigenvalue weighted by Gasteiger charge is 2.55. The maximum atomic E-state index is 11.7. The zero-order valence-electron chi connectivity index (χ0n) is 11.8. The number of ether oxygens (including phenoxy) is 1. The van der Waals surface area contributed by atoms with Gasteiger partial charge in [-0.05, 0) is 26.2 Å². The summed E-state index contributed by atoms with van der Waals surface area (Å²) in [5.41, 5.74) is 5.64. The number of nitrogens with one attached hydrogen (secondary N) is 1. The number of carbonyl (C=O) groups is 1. The third kappa shape index (κ3) is 3.41. The van der Waals surface area contributed by atoms with Crippen molar-refractivity contribution in [2.45, 2.75) is 64.0 Å². The first-order valence-corrected chi connectivity index (χ1v) is 7.34. The van der Waals surface area contributed by atoms with E-state index in [1.54, 1.807) is 0 Å². The third-order valence-corrected chi connectivity index (χ3v) is 4.64. The minimum absolute atomic E-state index is 0. The maximum Gasteiger partial charge on any atom is 0.221 e. The topological polar surface area (TPSA) is 64.3 Å². The summed E-state index contributed by atoms with van der Waals surface area (Å²) in [6, 6.07) is 0.313. The summed E-state index contributed by atoms with van der Waals surface area (Å²) in [7, 11) is 0. The second-order valence-electron chi connectivity index (χ2n) is 5.63. The van der Waals surface area contributed by atoms with Gasteiger partial charge in [0.15, 0.2) is 0 Å². The van der Waals surface area contributed by atoms with Crippen molar-refractivity contribution < 1.29 is 9.53 Å². The van der Waals surface area contributed by atoms with Crippen LogP contribution in [0.4, 0.5) is 0 Å². The molecule has 0 aromatic heterocycles. The summed E-state index contributed by atoms with van der Waals surface area (Å²) in [4.78, 5) is 11.7. The Morgan fingerprint density at radius 3 is 2.63 bits per heavy atom. The molecule has 0 heterocycles. The smallest absolute Gasteiger partial charge is 0.221 e. The zero-order chi connectivity index (χ0) is 13.0. The molecule has 5 heteroatoms. The molecule has 0 bridgehead atoms. The minimum Gasteiger partial charge on any atom is -0.378 e. The molecule has 2 unspecified atom stereocenters. The molecule has 0 saturated heterocycles. The first-order valence-electron chi connectivity index (χ1n) is 7.34. The first kappa shape index (κ1) is 16.7. The first-order chi connectivity index (χ1) is 8.73. The van der Waals surface area contributed by atoms with Gasteiger partial charge in [0.25, 0.3) is 0 Å². The third-order valence-electron chi connectivity index (χ3n) is 4.64. The van der Waals surface area contributed by atoms with Crippen molar-refractivity contribution in [1.29, 1.82) is 0 Å². The average Bonchev–Trinajstić information content (AvgIpc) is 2.39. The van der Waals surface area contributed by atoms with Crippen molar-refractivity contribution in [2.24, 2.45) is 11.1 Å². The Kier molecular flexibility index (Phi) is 6.57. The molecule has 3 N–H and O–H groups in total. The molecular weight excluding hydrogens is 264 g/mol. The lowest BCUT2D eigenvalue weighted by Gasteiger charge is -2.57. The molecular formula is C14H27ClN2O2. The second kappa shape index (κ2) is 7.46. The van der Waals surface area contributed by atoms with E-state index in [0.29, 0.717) is 25.1 Å². The fraction of sp³-hybridized carbons (Fsp3) is 0.929. The maximum absolute atomic E-state index is 11.7. The van der Waals surface area contributed by atoms with Crippen LogP contribution in [0.15, 0.2) is 0 Å². The Bertz CT molecular complexity index is 293. The predicted octanol–water partition coefficient (Wildman–Crippen LogP) is 2.00. The van der Waals surface area contributed by atoms with E-state index in [1.165, 1.54) is 32.1 Å². The molecule has 4 nitrogen and oxygen atoms in total. The van der Waals surface area contributed by atoms with E-state index in [2.05, 4.69) is 12.2 Å². The summed E-state index contributed by atoms with van der Waals surface area (Å²) in [5.74, 6) is 0.0994. The lowest BCUT2D eigenvalue weighted by molar-refractivity contribution is -0.156. The number of hydrogen-bond acceptors (Lipinski definition) is 3. The van der Waals surface area contributed by atoms with Crippen LogP contribution in [0.25, 0.3) is 0 Å². The van der Waals surface area contributed by atoms with Crippen LogP contribution in [0, 0.1) is 5.41 Å². The molecule has 1 spiro atoms. The van der Waals surface area contributed by atoms with Gasteiger partial charge in [-0.3, -0.25) is 4.79 Å². The molecule has 19 heavy (non-hydrogen) atoms. The fourth-order valence-corrected chi connectivity index (χ4v) is 3.66. The van der Waals surface area contributed by atoms with Gasteiger partial charge in [-0.25, -0.2) is 0 Å². The van der Waals surface area contributed by atoms with Gasteiger partial charge in [0.1, 0.15) is 0 Å². The Hall–Kier alpha value is -0.320. The van der Waals surface area contributed by atoms with E-state index >= 15 is 0 Å². The Labute approximate surface area is 122 Å². The standard InChI is InChI=1S/C14H26N2O2.ClH/c1-2-18-12-10-11(16-13(17)6-9-15)14(12)7-4-3-5-8-14;/h11-12H,2-10,15H2,1H3,(H,16,17);1H. The van der Waals surface area contributed by atoms with Crippen molar-refractivity contribution in [2.75, 3.05) is 13.2 Å². The molecule has 112 valence electrons. The van der Waals surface area contributed by atoms with Gasteiger partial charge in [-0.2, -0.15) is 0 Å². The van der Waals surface area contributed by atoms with Crippen molar-refractivity contribution in [3.63, 3.8) is 0 Å². The minimum atomic E-state index is 0. The van der Waals surface area contributed by atoms with Crippen molar-refractivity contribution in [3.05, 3.63) is 0 Å². The Morgan fingerprint density at radius 1 is 1.37 bits per heavy atom. The van der Waals surface area contributed by atoms with Gasteiger partial charge >= 0.3 is 0 Å². The molecule has 1 amide bonds. The summed E-state index contributed by atoms with van der Waals surface area (Å²) < 4.78 is 5.87. The van der Waals surface area contributed by atoms with Crippen LogP contribution >= 0.6 is 12.4 Å². The van der Waals surface area contributed by atoms with Gasteiger partial charge in [0, 0.05) is 31.0 Å². The summed E-state index contributed by atoms with van der Waals surface area (Å²) >= 11 is 0. The monoisotopic (exact) mass is 290 g/mol. The lowest BCUT2D eigenvalue weighted by atomic mass is 9.55. The van der Waals surface area contributed by atoms with Gasteiger partial charge in [0.2, 0.25) is 5.91 Å². The Balaban J connectivity index is 0.00000180. The molecule has 0 aromatic rings. The molecule has 2 atom stereocenters. The summed E-state index contributed by atoms with van der Waals surface area (Å²) in [6.07, 6.45) is 8.03. The molecule has 2 fully saturated rings. The van der Waals surface area contributed by atoms with Crippen LogP contribution in [-0.2, 0) is 9.53 Å². The van der Waals surface area contributed by atoms with E-state index in [0.717, 1.165) is 13.0 Å². The molecule has 2 aliphatic rings. The highest BCUT2D eigenvalue weighted by atomic mass is 35.5. The van der Waals surface area contributed by atoms with Gasteiger partial charge in [0.05, 0.1) is 6.10 Å². The van der Waals surface area contributed by atoms with Gasteiger partial charge in [-0.15, -0.1) is 12.4 Å². The fourth-order valence-electron chi connectivity index (χ4n) is 3.66. The number of rotatable bonds is 5. The normalized spacial score (nSPS) is 28.3. The van der Waals surface area contributed by atoms with Gasteiger partial charge in [-0.1, -0.05) is 19.3 Å². The molecule has 2 saturated carbocycles. The van der Waals surface area contributed by atoms with Crippen LogP contribution in [0.3, 0.4) is 0 Å². The quantitative estimate of drug-likeness (QED) is 0.814. The Morgan fingerprint density at radius 2 is 2.05 bits per heavy atom. The van der Waals surface area contributed by atoms with E-state index in [-0.39, 0.29) is 23.7 Å². The van der Waals surface area contributed by atoms with E-state index in [9.17, 15) is 4.79 Å². The molecule has 0 aromatic carbocycles. The SMILES string of the molecule is CCOC1CC(NC(=O)CCN)C12CCCCC2.Cl. The van der Waals surface area contributed by atoms with E-state index in [4.69, 9.17) is 10.5 Å².